The standard InChI is InChI=1S/C18H29N3S/c1-14-6-4-5-7-17(14)20-18(22)19-12-15-8-10-16(11-9-15)13-21(2)3/h8-11,14,17H,4-7,12-13H2,1-3H3,(H2,19,20,22)/t14-,17+/m1/s1. The Labute approximate surface area is 140 Å². The van der Waals surface area contributed by atoms with Crippen molar-refractivity contribution >= 4 is 17.3 Å². The van der Waals surface area contributed by atoms with Crippen LogP contribution in [0.3, 0.4) is 0 Å². The minimum atomic E-state index is 0.538. The minimum absolute atomic E-state index is 0.538. The summed E-state index contributed by atoms with van der Waals surface area (Å²) in [7, 11) is 4.18. The van der Waals surface area contributed by atoms with Gasteiger partial charge in [-0.2, -0.15) is 0 Å². The lowest BCUT2D eigenvalue weighted by molar-refractivity contribution is 0.308. The van der Waals surface area contributed by atoms with E-state index in [0.717, 1.165) is 24.1 Å². The van der Waals surface area contributed by atoms with Gasteiger partial charge in [0.15, 0.2) is 5.11 Å². The van der Waals surface area contributed by atoms with Gasteiger partial charge in [0.2, 0.25) is 0 Å². The van der Waals surface area contributed by atoms with Crippen molar-refractivity contribution in [2.45, 2.75) is 51.7 Å². The zero-order chi connectivity index (χ0) is 15.9. The molecule has 0 amide bonds. The first kappa shape index (κ1) is 17.2. The summed E-state index contributed by atoms with van der Waals surface area (Å²) >= 11 is 5.44. The second-order valence-electron chi connectivity index (χ2n) is 6.75. The van der Waals surface area contributed by atoms with Crippen LogP contribution in [-0.4, -0.2) is 30.1 Å². The SMILES string of the molecule is C[C@@H]1CCCC[C@@H]1NC(=S)NCc1ccc(CN(C)C)cc1. The van der Waals surface area contributed by atoms with Crippen LogP contribution in [0.15, 0.2) is 24.3 Å². The summed E-state index contributed by atoms with van der Waals surface area (Å²) in [6.07, 6.45) is 5.23. The maximum absolute atomic E-state index is 5.44. The number of thiocarbonyl (C=S) groups is 1. The van der Waals surface area contributed by atoms with E-state index in [0.29, 0.717) is 6.04 Å². The predicted molar refractivity (Wildman–Crippen MR) is 97.8 cm³/mol. The average molecular weight is 320 g/mol. The predicted octanol–water partition coefficient (Wildman–Crippen LogP) is 3.29. The monoisotopic (exact) mass is 319 g/mol. The molecule has 3 nitrogen and oxygen atoms in total. The van der Waals surface area contributed by atoms with E-state index in [1.807, 2.05) is 0 Å². The Kier molecular flexibility index (Phi) is 6.65. The maximum Gasteiger partial charge on any atom is 0.166 e. The number of hydrogen-bond acceptors (Lipinski definition) is 2. The first-order chi connectivity index (χ1) is 10.5. The highest BCUT2D eigenvalue weighted by atomic mass is 32.1. The van der Waals surface area contributed by atoms with E-state index in [2.05, 4.69) is 60.8 Å². The number of nitrogens with one attached hydrogen (secondary N) is 2. The van der Waals surface area contributed by atoms with E-state index in [-0.39, 0.29) is 0 Å². The molecule has 0 unspecified atom stereocenters. The van der Waals surface area contributed by atoms with Gasteiger partial charge in [-0.15, -0.1) is 0 Å². The van der Waals surface area contributed by atoms with E-state index in [4.69, 9.17) is 12.2 Å². The summed E-state index contributed by atoms with van der Waals surface area (Å²) in [6.45, 7) is 4.09. The Hall–Kier alpha value is -1.13. The van der Waals surface area contributed by atoms with Crippen LogP contribution in [0, 0.1) is 5.92 Å². The minimum Gasteiger partial charge on any atom is -0.360 e. The summed E-state index contributed by atoms with van der Waals surface area (Å²) in [5.74, 6) is 0.721. The van der Waals surface area contributed by atoms with E-state index >= 15 is 0 Å². The molecule has 1 saturated carbocycles. The molecule has 0 bridgehead atoms. The summed E-state index contributed by atoms with van der Waals surface area (Å²) < 4.78 is 0. The maximum atomic E-state index is 5.44. The summed E-state index contributed by atoms with van der Waals surface area (Å²) in [5.41, 5.74) is 2.61. The van der Waals surface area contributed by atoms with Gasteiger partial charge >= 0.3 is 0 Å². The lowest BCUT2D eigenvalue weighted by atomic mass is 9.86. The molecule has 22 heavy (non-hydrogen) atoms. The van der Waals surface area contributed by atoms with Crippen molar-refractivity contribution in [2.24, 2.45) is 5.92 Å². The van der Waals surface area contributed by atoms with Crippen molar-refractivity contribution in [3.05, 3.63) is 35.4 Å². The van der Waals surface area contributed by atoms with Gasteiger partial charge < -0.3 is 15.5 Å². The molecule has 0 spiro atoms. The molecule has 1 aromatic carbocycles. The van der Waals surface area contributed by atoms with Gasteiger partial charge in [-0.05, 0) is 56.2 Å². The van der Waals surface area contributed by atoms with Crippen LogP contribution in [0.2, 0.25) is 0 Å². The summed E-state index contributed by atoms with van der Waals surface area (Å²) in [6, 6.07) is 9.28. The Morgan fingerprint density at radius 1 is 1.14 bits per heavy atom. The molecule has 2 rings (SSSR count). The third-order valence-electron chi connectivity index (χ3n) is 4.40. The lowest BCUT2D eigenvalue weighted by Crippen LogP contribution is -2.45. The van der Waals surface area contributed by atoms with Crippen molar-refractivity contribution in [3.8, 4) is 0 Å². The molecule has 0 radical (unpaired) electrons. The van der Waals surface area contributed by atoms with E-state index < -0.39 is 0 Å². The molecular formula is C18H29N3S. The van der Waals surface area contributed by atoms with E-state index in [1.54, 1.807) is 0 Å². The fourth-order valence-electron chi connectivity index (χ4n) is 3.06. The fourth-order valence-corrected chi connectivity index (χ4v) is 3.28. The van der Waals surface area contributed by atoms with Gasteiger partial charge in [0.05, 0.1) is 0 Å². The van der Waals surface area contributed by atoms with Crippen LogP contribution in [0.1, 0.15) is 43.7 Å². The molecule has 2 N–H and O–H groups in total. The third-order valence-corrected chi connectivity index (χ3v) is 4.67. The van der Waals surface area contributed by atoms with Gasteiger partial charge in [0, 0.05) is 19.1 Å². The van der Waals surface area contributed by atoms with Crippen LogP contribution in [0.5, 0.6) is 0 Å². The Balaban J connectivity index is 1.76. The molecule has 1 fully saturated rings. The van der Waals surface area contributed by atoms with Crippen LogP contribution in [0.25, 0.3) is 0 Å². The Morgan fingerprint density at radius 2 is 1.77 bits per heavy atom. The summed E-state index contributed by atoms with van der Waals surface area (Å²) in [5, 5.41) is 7.62. The molecule has 4 heteroatoms. The van der Waals surface area contributed by atoms with Gasteiger partial charge in [0.25, 0.3) is 0 Å². The molecular weight excluding hydrogens is 290 g/mol. The van der Waals surface area contributed by atoms with Gasteiger partial charge in [0.1, 0.15) is 0 Å². The van der Waals surface area contributed by atoms with Gasteiger partial charge in [-0.25, -0.2) is 0 Å². The zero-order valence-corrected chi connectivity index (χ0v) is 14.9. The van der Waals surface area contributed by atoms with Gasteiger partial charge in [-0.1, -0.05) is 44.0 Å². The largest absolute Gasteiger partial charge is 0.360 e. The van der Waals surface area contributed by atoms with Crippen LogP contribution < -0.4 is 10.6 Å². The first-order valence-electron chi connectivity index (χ1n) is 8.31. The molecule has 1 aliphatic rings. The molecule has 1 aliphatic carbocycles. The Morgan fingerprint density at radius 3 is 2.41 bits per heavy atom. The summed E-state index contributed by atoms with van der Waals surface area (Å²) in [4.78, 5) is 2.18. The highest BCUT2D eigenvalue weighted by Crippen LogP contribution is 2.23. The second kappa shape index (κ2) is 8.49. The van der Waals surface area contributed by atoms with Crippen molar-refractivity contribution < 1.29 is 0 Å². The van der Waals surface area contributed by atoms with Gasteiger partial charge in [-0.3, -0.25) is 0 Å². The average Bonchev–Trinajstić information content (AvgIpc) is 2.48. The van der Waals surface area contributed by atoms with Crippen LogP contribution >= 0.6 is 12.2 Å². The first-order valence-corrected chi connectivity index (χ1v) is 8.72. The molecule has 0 heterocycles. The number of rotatable bonds is 5. The fraction of sp³-hybridized carbons (Fsp3) is 0.611. The molecule has 1 aromatic rings. The van der Waals surface area contributed by atoms with E-state index in [9.17, 15) is 0 Å². The highest BCUT2D eigenvalue weighted by Gasteiger charge is 2.21. The molecule has 0 aliphatic heterocycles. The molecule has 0 aromatic heterocycles. The van der Waals surface area contributed by atoms with Crippen molar-refractivity contribution in [3.63, 3.8) is 0 Å². The Bertz CT molecular complexity index is 470. The van der Waals surface area contributed by atoms with E-state index in [1.165, 1.54) is 36.8 Å². The van der Waals surface area contributed by atoms with Crippen molar-refractivity contribution in [2.75, 3.05) is 14.1 Å². The number of hydrogen-bond donors (Lipinski definition) is 2. The highest BCUT2D eigenvalue weighted by molar-refractivity contribution is 7.80. The molecule has 2 atom stereocenters. The number of benzene rings is 1. The van der Waals surface area contributed by atoms with Crippen LogP contribution in [0.4, 0.5) is 0 Å². The lowest BCUT2D eigenvalue weighted by Gasteiger charge is -2.30. The van der Waals surface area contributed by atoms with Crippen LogP contribution in [-0.2, 0) is 13.1 Å². The molecule has 122 valence electrons. The smallest absolute Gasteiger partial charge is 0.166 e. The quantitative estimate of drug-likeness (QED) is 0.815. The normalized spacial score (nSPS) is 21.6. The topological polar surface area (TPSA) is 27.3 Å². The number of nitrogens with zero attached hydrogens (tertiary/aromatic N) is 1. The van der Waals surface area contributed by atoms with Crippen molar-refractivity contribution in [1.29, 1.82) is 0 Å². The second-order valence-corrected chi connectivity index (χ2v) is 7.16. The zero-order valence-electron chi connectivity index (χ0n) is 14.1. The van der Waals surface area contributed by atoms with Crippen molar-refractivity contribution in [1.82, 2.24) is 15.5 Å². The third kappa shape index (κ3) is 5.58. The molecule has 0 saturated heterocycles.